The first kappa shape index (κ1) is 15.7. The molecule has 1 atom stereocenters. The number of benzene rings is 1. The van der Waals surface area contributed by atoms with Gasteiger partial charge in [-0.3, -0.25) is 0 Å². The van der Waals surface area contributed by atoms with E-state index in [-0.39, 0.29) is 12.4 Å². The van der Waals surface area contributed by atoms with Crippen molar-refractivity contribution in [1.82, 2.24) is 5.32 Å². The number of rotatable bonds is 1. The number of hydrogen-bond acceptors (Lipinski definition) is 2. The molecule has 0 saturated carbocycles. The van der Waals surface area contributed by atoms with Crippen molar-refractivity contribution in [2.45, 2.75) is 12.0 Å². The molecule has 1 heterocycles. The third-order valence-electron chi connectivity index (χ3n) is 2.30. The smallest absolute Gasteiger partial charge is 0.408 e. The van der Waals surface area contributed by atoms with Crippen LogP contribution >= 0.6 is 44.3 Å². The van der Waals surface area contributed by atoms with Gasteiger partial charge in [0, 0.05) is 8.95 Å². The Hall–Kier alpha value is -0.400. The fourth-order valence-electron chi connectivity index (χ4n) is 1.58. The molecule has 1 saturated heterocycles. The standard InChI is InChI=1S/C10H7Br2F2NO2.ClH/c11-6-1-5(2-7(12)3-6)8-10(13,14)4-17-9(16)15-8;/h1-3,8H,4H2,(H,15,16);1H/t8-;/m1./s1. The third-order valence-corrected chi connectivity index (χ3v) is 3.21. The van der Waals surface area contributed by atoms with E-state index in [9.17, 15) is 13.6 Å². The maximum atomic E-state index is 13.6. The molecule has 0 spiro atoms. The Morgan fingerprint density at radius 1 is 1.28 bits per heavy atom. The van der Waals surface area contributed by atoms with Gasteiger partial charge < -0.3 is 10.1 Å². The van der Waals surface area contributed by atoms with E-state index in [1.165, 1.54) is 12.1 Å². The quantitative estimate of drug-likeness (QED) is 0.763. The molecule has 18 heavy (non-hydrogen) atoms. The zero-order valence-corrected chi connectivity index (χ0v) is 12.7. The molecule has 1 aliphatic rings. The molecule has 0 unspecified atom stereocenters. The van der Waals surface area contributed by atoms with E-state index in [1.54, 1.807) is 6.07 Å². The Kier molecular flexibility index (Phi) is 4.97. The van der Waals surface area contributed by atoms with Gasteiger partial charge in [0.05, 0.1) is 0 Å². The van der Waals surface area contributed by atoms with Crippen LogP contribution in [0.5, 0.6) is 0 Å². The molecule has 100 valence electrons. The van der Waals surface area contributed by atoms with E-state index in [4.69, 9.17) is 0 Å². The van der Waals surface area contributed by atoms with Gasteiger partial charge in [0.2, 0.25) is 0 Å². The second kappa shape index (κ2) is 5.71. The van der Waals surface area contributed by atoms with Gasteiger partial charge in [-0.2, -0.15) is 0 Å². The minimum absolute atomic E-state index is 0. The van der Waals surface area contributed by atoms with Crippen LogP contribution in [0.1, 0.15) is 11.6 Å². The van der Waals surface area contributed by atoms with Crippen molar-refractivity contribution >= 4 is 50.4 Å². The first-order valence-electron chi connectivity index (χ1n) is 4.65. The highest BCUT2D eigenvalue weighted by Crippen LogP contribution is 2.36. The number of carbonyl (C=O) groups is 1. The summed E-state index contributed by atoms with van der Waals surface area (Å²) < 4.78 is 32.8. The highest BCUT2D eigenvalue weighted by atomic mass is 79.9. The summed E-state index contributed by atoms with van der Waals surface area (Å²) in [5.41, 5.74) is 0.313. The van der Waals surface area contributed by atoms with Gasteiger partial charge in [-0.15, -0.1) is 12.4 Å². The van der Waals surface area contributed by atoms with Crippen LogP contribution < -0.4 is 5.32 Å². The van der Waals surface area contributed by atoms with E-state index >= 15 is 0 Å². The summed E-state index contributed by atoms with van der Waals surface area (Å²) in [5, 5.41) is 2.12. The van der Waals surface area contributed by atoms with E-state index < -0.39 is 24.7 Å². The molecule has 1 aromatic carbocycles. The first-order valence-corrected chi connectivity index (χ1v) is 6.24. The minimum atomic E-state index is -3.13. The van der Waals surface area contributed by atoms with Gasteiger partial charge in [0.25, 0.3) is 0 Å². The molecular weight excluding hydrogens is 399 g/mol. The van der Waals surface area contributed by atoms with E-state index in [0.717, 1.165) is 0 Å². The Labute approximate surface area is 125 Å². The molecule has 1 aromatic rings. The molecular formula is C10H8Br2ClF2NO2. The number of alkyl halides is 2. The van der Waals surface area contributed by atoms with Gasteiger partial charge in [-0.25, -0.2) is 13.6 Å². The number of cyclic esters (lactones) is 1. The summed E-state index contributed by atoms with van der Waals surface area (Å²) in [4.78, 5) is 11.0. The molecule has 0 aliphatic carbocycles. The molecule has 1 aliphatic heterocycles. The summed E-state index contributed by atoms with van der Waals surface area (Å²) in [6, 6.07) is 3.42. The van der Waals surface area contributed by atoms with Gasteiger partial charge in [-0.1, -0.05) is 31.9 Å². The number of carbonyl (C=O) groups excluding carboxylic acids is 1. The predicted molar refractivity (Wildman–Crippen MR) is 71.3 cm³/mol. The molecule has 1 fully saturated rings. The summed E-state index contributed by atoms with van der Waals surface area (Å²) >= 11 is 6.43. The van der Waals surface area contributed by atoms with Crippen molar-refractivity contribution in [2.24, 2.45) is 0 Å². The number of hydrogen-bond donors (Lipinski definition) is 1. The highest BCUT2D eigenvalue weighted by molar-refractivity contribution is 9.11. The Balaban J connectivity index is 0.00000162. The molecule has 8 heteroatoms. The predicted octanol–water partition coefficient (Wildman–Crippen LogP) is 4.05. The van der Waals surface area contributed by atoms with E-state index in [2.05, 4.69) is 41.9 Å². The van der Waals surface area contributed by atoms with Gasteiger partial charge in [0.1, 0.15) is 6.04 Å². The van der Waals surface area contributed by atoms with Gasteiger partial charge in [-0.05, 0) is 23.8 Å². The molecule has 0 bridgehead atoms. The van der Waals surface area contributed by atoms with Gasteiger partial charge >= 0.3 is 12.0 Å². The number of alkyl carbamates (subject to hydrolysis) is 1. The van der Waals surface area contributed by atoms with E-state index in [0.29, 0.717) is 14.5 Å². The lowest BCUT2D eigenvalue weighted by Gasteiger charge is -2.32. The summed E-state index contributed by atoms with van der Waals surface area (Å²) in [7, 11) is 0. The van der Waals surface area contributed by atoms with Crippen LogP contribution in [-0.4, -0.2) is 18.6 Å². The lowest BCUT2D eigenvalue weighted by molar-refractivity contribution is -0.104. The first-order chi connectivity index (χ1) is 7.88. The second-order valence-electron chi connectivity index (χ2n) is 3.62. The zero-order chi connectivity index (χ0) is 12.6. The Bertz CT molecular complexity index is 453. The van der Waals surface area contributed by atoms with Crippen LogP contribution in [-0.2, 0) is 4.74 Å². The number of ether oxygens (including phenoxy) is 1. The number of amides is 1. The second-order valence-corrected chi connectivity index (χ2v) is 5.45. The summed E-state index contributed by atoms with van der Waals surface area (Å²) in [5.74, 6) is -3.13. The Morgan fingerprint density at radius 3 is 2.39 bits per heavy atom. The average Bonchev–Trinajstić information content (AvgIpc) is 2.20. The maximum absolute atomic E-state index is 13.6. The average molecular weight is 407 g/mol. The zero-order valence-electron chi connectivity index (χ0n) is 8.75. The summed E-state index contributed by atoms with van der Waals surface area (Å²) in [6.07, 6.45) is -0.836. The molecule has 1 N–H and O–H groups in total. The fraction of sp³-hybridized carbons (Fsp3) is 0.300. The Morgan fingerprint density at radius 2 is 1.83 bits per heavy atom. The minimum Gasteiger partial charge on any atom is -0.443 e. The van der Waals surface area contributed by atoms with Crippen molar-refractivity contribution < 1.29 is 18.3 Å². The monoisotopic (exact) mass is 405 g/mol. The van der Waals surface area contributed by atoms with Crippen LogP contribution in [0.15, 0.2) is 27.1 Å². The van der Waals surface area contributed by atoms with Crippen LogP contribution in [0.3, 0.4) is 0 Å². The van der Waals surface area contributed by atoms with Crippen LogP contribution in [0, 0.1) is 0 Å². The summed E-state index contributed by atoms with van der Waals surface area (Å²) in [6.45, 7) is -0.909. The van der Waals surface area contributed by atoms with E-state index in [1.807, 2.05) is 0 Å². The van der Waals surface area contributed by atoms with Crippen molar-refractivity contribution in [3.05, 3.63) is 32.7 Å². The topological polar surface area (TPSA) is 38.3 Å². The number of halogens is 5. The lowest BCUT2D eigenvalue weighted by Crippen LogP contribution is -2.49. The normalized spacial score (nSPS) is 21.6. The van der Waals surface area contributed by atoms with Crippen LogP contribution in [0.4, 0.5) is 13.6 Å². The molecule has 0 aromatic heterocycles. The number of nitrogens with one attached hydrogen (secondary N) is 1. The molecule has 2 rings (SSSR count). The van der Waals surface area contributed by atoms with Gasteiger partial charge in [0.15, 0.2) is 6.61 Å². The van der Waals surface area contributed by atoms with Crippen LogP contribution in [0.25, 0.3) is 0 Å². The SMILES string of the molecule is Cl.O=C1N[C@H](c2cc(Br)cc(Br)c2)C(F)(F)CO1. The van der Waals surface area contributed by atoms with Crippen molar-refractivity contribution in [3.8, 4) is 0 Å². The molecule has 1 amide bonds. The maximum Gasteiger partial charge on any atom is 0.408 e. The van der Waals surface area contributed by atoms with Crippen LogP contribution in [0.2, 0.25) is 0 Å². The van der Waals surface area contributed by atoms with Crippen molar-refractivity contribution in [3.63, 3.8) is 0 Å². The fourth-order valence-corrected chi connectivity index (χ4v) is 2.91. The highest BCUT2D eigenvalue weighted by Gasteiger charge is 2.46. The molecule has 0 radical (unpaired) electrons. The third kappa shape index (κ3) is 3.33. The largest absolute Gasteiger partial charge is 0.443 e. The molecule has 3 nitrogen and oxygen atoms in total. The van der Waals surface area contributed by atoms with Crippen molar-refractivity contribution in [1.29, 1.82) is 0 Å². The van der Waals surface area contributed by atoms with Crippen molar-refractivity contribution in [2.75, 3.05) is 6.61 Å². The lowest BCUT2D eigenvalue weighted by atomic mass is 10.0.